The molecule has 0 amide bonds. The van der Waals surface area contributed by atoms with E-state index in [1.807, 2.05) is 18.2 Å². The molecular weight excluding hydrogens is 300 g/mol. The van der Waals surface area contributed by atoms with Crippen molar-refractivity contribution in [1.29, 1.82) is 0 Å². The Kier molecular flexibility index (Phi) is 4.89. The third kappa shape index (κ3) is 3.70. The highest BCUT2D eigenvalue weighted by Crippen LogP contribution is 2.33. The number of aliphatic hydroxyl groups is 1. The molecule has 1 unspecified atom stereocenters. The third-order valence-electron chi connectivity index (χ3n) is 3.61. The summed E-state index contributed by atoms with van der Waals surface area (Å²) in [5.74, 6) is 0.688. The molecule has 1 aromatic rings. The van der Waals surface area contributed by atoms with E-state index in [-0.39, 0.29) is 6.10 Å². The largest absolute Gasteiger partial charge is 0.388 e. The number of hydrogen-bond acceptors (Lipinski definition) is 1. The summed E-state index contributed by atoms with van der Waals surface area (Å²) < 4.78 is 0.861. The van der Waals surface area contributed by atoms with Crippen molar-refractivity contribution >= 4 is 27.5 Å². The summed E-state index contributed by atoms with van der Waals surface area (Å²) in [5.41, 5.74) is 0.965. The molecule has 0 aliphatic heterocycles. The summed E-state index contributed by atoms with van der Waals surface area (Å²) in [6, 6.07) is 5.68. The molecule has 0 radical (unpaired) electrons. The minimum absolute atomic E-state index is 0.355. The lowest BCUT2D eigenvalue weighted by atomic mass is 9.84. The standard InChI is InChI=1S/C14H18BrClO/c15-12-9-11(6-7-13(12)16)14(17)8-10-4-2-1-3-5-10/h6-7,9-10,14,17H,1-5,8H2. The second-order valence-electron chi connectivity index (χ2n) is 4.93. The first-order valence-corrected chi connectivity index (χ1v) is 7.47. The quantitative estimate of drug-likeness (QED) is 0.821. The molecule has 1 saturated carbocycles. The van der Waals surface area contributed by atoms with Crippen molar-refractivity contribution in [1.82, 2.24) is 0 Å². The van der Waals surface area contributed by atoms with Crippen LogP contribution in [0.5, 0.6) is 0 Å². The predicted molar refractivity (Wildman–Crippen MR) is 75.3 cm³/mol. The van der Waals surface area contributed by atoms with Gasteiger partial charge in [-0.2, -0.15) is 0 Å². The van der Waals surface area contributed by atoms with Crippen LogP contribution in [0, 0.1) is 5.92 Å². The van der Waals surface area contributed by atoms with E-state index in [1.165, 1.54) is 32.1 Å². The molecule has 1 nitrogen and oxygen atoms in total. The molecule has 1 aliphatic rings. The van der Waals surface area contributed by atoms with Crippen LogP contribution in [-0.4, -0.2) is 5.11 Å². The molecule has 1 fully saturated rings. The SMILES string of the molecule is OC(CC1CCCCC1)c1ccc(Cl)c(Br)c1. The highest BCUT2D eigenvalue weighted by molar-refractivity contribution is 9.10. The molecule has 1 aromatic carbocycles. The van der Waals surface area contributed by atoms with Crippen LogP contribution in [0.2, 0.25) is 5.02 Å². The zero-order chi connectivity index (χ0) is 12.3. The van der Waals surface area contributed by atoms with E-state index in [9.17, 15) is 5.11 Å². The fraction of sp³-hybridized carbons (Fsp3) is 0.571. The number of hydrogen-bond donors (Lipinski definition) is 1. The maximum Gasteiger partial charge on any atom is 0.0793 e. The van der Waals surface area contributed by atoms with Gasteiger partial charge in [0.05, 0.1) is 11.1 Å². The molecule has 17 heavy (non-hydrogen) atoms. The summed E-state index contributed by atoms with van der Waals surface area (Å²) in [5, 5.41) is 10.9. The smallest absolute Gasteiger partial charge is 0.0793 e. The second kappa shape index (κ2) is 6.21. The molecule has 0 heterocycles. The van der Waals surface area contributed by atoms with Crippen molar-refractivity contribution in [2.45, 2.75) is 44.6 Å². The lowest BCUT2D eigenvalue weighted by Crippen LogP contribution is -2.11. The summed E-state index contributed by atoms with van der Waals surface area (Å²) >= 11 is 9.35. The Hall–Kier alpha value is -0.0500. The van der Waals surface area contributed by atoms with Crippen molar-refractivity contribution in [3.8, 4) is 0 Å². The van der Waals surface area contributed by atoms with Gasteiger partial charge in [-0.25, -0.2) is 0 Å². The van der Waals surface area contributed by atoms with E-state index in [2.05, 4.69) is 15.9 Å². The lowest BCUT2D eigenvalue weighted by molar-refractivity contribution is 0.131. The molecule has 1 aliphatic carbocycles. The van der Waals surface area contributed by atoms with Crippen molar-refractivity contribution in [2.75, 3.05) is 0 Å². The van der Waals surface area contributed by atoms with Gasteiger partial charge in [-0.05, 0) is 46.0 Å². The van der Waals surface area contributed by atoms with Crippen LogP contribution >= 0.6 is 27.5 Å². The van der Waals surface area contributed by atoms with E-state index >= 15 is 0 Å². The molecule has 1 N–H and O–H groups in total. The zero-order valence-electron chi connectivity index (χ0n) is 9.83. The normalized spacial score (nSPS) is 19.2. The molecule has 0 bridgehead atoms. The fourth-order valence-corrected chi connectivity index (χ4v) is 3.11. The zero-order valence-corrected chi connectivity index (χ0v) is 12.2. The van der Waals surface area contributed by atoms with Gasteiger partial charge >= 0.3 is 0 Å². The molecule has 94 valence electrons. The minimum Gasteiger partial charge on any atom is -0.388 e. The van der Waals surface area contributed by atoms with Gasteiger partial charge in [-0.3, -0.25) is 0 Å². The molecule has 0 aromatic heterocycles. The molecular formula is C14H18BrClO. The monoisotopic (exact) mass is 316 g/mol. The first kappa shape index (κ1) is 13.4. The van der Waals surface area contributed by atoms with Crippen molar-refractivity contribution < 1.29 is 5.11 Å². The van der Waals surface area contributed by atoms with Crippen LogP contribution in [-0.2, 0) is 0 Å². The van der Waals surface area contributed by atoms with Gasteiger partial charge in [0.1, 0.15) is 0 Å². The maximum atomic E-state index is 10.2. The first-order chi connectivity index (χ1) is 8.16. The van der Waals surface area contributed by atoms with E-state index in [4.69, 9.17) is 11.6 Å². The Morgan fingerprint density at radius 1 is 1.29 bits per heavy atom. The third-order valence-corrected chi connectivity index (χ3v) is 4.82. The average Bonchev–Trinajstić information content (AvgIpc) is 2.34. The molecule has 1 atom stereocenters. The highest BCUT2D eigenvalue weighted by atomic mass is 79.9. The van der Waals surface area contributed by atoms with Gasteiger partial charge in [0.15, 0.2) is 0 Å². The molecule has 2 rings (SSSR count). The van der Waals surface area contributed by atoms with Crippen molar-refractivity contribution in [3.05, 3.63) is 33.3 Å². The topological polar surface area (TPSA) is 20.2 Å². The van der Waals surface area contributed by atoms with Gasteiger partial charge in [0, 0.05) is 4.47 Å². The van der Waals surface area contributed by atoms with Crippen molar-refractivity contribution in [2.24, 2.45) is 5.92 Å². The van der Waals surface area contributed by atoms with Gasteiger partial charge in [-0.15, -0.1) is 0 Å². The van der Waals surface area contributed by atoms with E-state index in [1.54, 1.807) is 0 Å². The number of halogens is 2. The number of aliphatic hydroxyl groups excluding tert-OH is 1. The van der Waals surface area contributed by atoms with Gasteiger partial charge in [-0.1, -0.05) is 49.8 Å². The minimum atomic E-state index is -0.355. The van der Waals surface area contributed by atoms with Gasteiger partial charge < -0.3 is 5.11 Å². The Morgan fingerprint density at radius 3 is 2.65 bits per heavy atom. The van der Waals surface area contributed by atoms with Crippen LogP contribution in [0.3, 0.4) is 0 Å². The van der Waals surface area contributed by atoms with E-state index < -0.39 is 0 Å². The number of benzene rings is 1. The van der Waals surface area contributed by atoms with Gasteiger partial charge in [0.2, 0.25) is 0 Å². The van der Waals surface area contributed by atoms with Crippen LogP contribution < -0.4 is 0 Å². The maximum absolute atomic E-state index is 10.2. The molecule has 3 heteroatoms. The number of rotatable bonds is 3. The Bertz CT molecular complexity index is 374. The summed E-state index contributed by atoms with van der Waals surface area (Å²) in [7, 11) is 0. The molecule has 0 saturated heterocycles. The van der Waals surface area contributed by atoms with Crippen LogP contribution in [0.1, 0.15) is 50.2 Å². The average molecular weight is 318 g/mol. The lowest BCUT2D eigenvalue weighted by Gasteiger charge is -2.24. The summed E-state index contributed by atoms with van der Waals surface area (Å²) in [4.78, 5) is 0. The summed E-state index contributed by atoms with van der Waals surface area (Å²) in [6.07, 6.45) is 7.07. The Balaban J connectivity index is 1.98. The van der Waals surface area contributed by atoms with Crippen LogP contribution in [0.25, 0.3) is 0 Å². The van der Waals surface area contributed by atoms with Crippen LogP contribution in [0.15, 0.2) is 22.7 Å². The summed E-state index contributed by atoms with van der Waals surface area (Å²) in [6.45, 7) is 0. The predicted octanol–water partition coefficient (Wildman–Crippen LogP) is 5.11. The fourth-order valence-electron chi connectivity index (χ4n) is 2.59. The van der Waals surface area contributed by atoms with Crippen LogP contribution in [0.4, 0.5) is 0 Å². The Labute approximate surface area is 116 Å². The Morgan fingerprint density at radius 2 is 2.00 bits per heavy atom. The van der Waals surface area contributed by atoms with Crippen molar-refractivity contribution in [3.63, 3.8) is 0 Å². The van der Waals surface area contributed by atoms with Gasteiger partial charge in [0.25, 0.3) is 0 Å². The molecule has 0 spiro atoms. The van der Waals surface area contributed by atoms with E-state index in [0.29, 0.717) is 10.9 Å². The first-order valence-electron chi connectivity index (χ1n) is 6.30. The second-order valence-corrected chi connectivity index (χ2v) is 6.19. The van der Waals surface area contributed by atoms with E-state index in [0.717, 1.165) is 16.5 Å². The highest BCUT2D eigenvalue weighted by Gasteiger charge is 2.18.